The Hall–Kier alpha value is -2.40. The van der Waals surface area contributed by atoms with Gasteiger partial charge in [-0.1, -0.05) is 54.9 Å². The predicted molar refractivity (Wildman–Crippen MR) is 114 cm³/mol. The van der Waals surface area contributed by atoms with Crippen LogP contribution in [-0.4, -0.2) is 28.8 Å². The Balaban J connectivity index is 2.18. The van der Waals surface area contributed by atoms with E-state index >= 15 is 0 Å². The van der Waals surface area contributed by atoms with Crippen LogP contribution in [0.4, 0.5) is 4.39 Å². The SMILES string of the molecule is CC[C@H](C)NC(=O)[C@@H](C)N(Cc1ccccc1F)C(=O)CCc1ccccc1Cl. The molecule has 6 heteroatoms. The summed E-state index contributed by atoms with van der Waals surface area (Å²) in [6.07, 6.45) is 1.41. The first kappa shape index (κ1) is 22.9. The number of hydrogen-bond acceptors (Lipinski definition) is 2. The second-order valence-electron chi connectivity index (χ2n) is 7.20. The first-order valence-corrected chi connectivity index (χ1v) is 10.3. The van der Waals surface area contributed by atoms with Crippen molar-refractivity contribution in [3.63, 3.8) is 0 Å². The zero-order valence-electron chi connectivity index (χ0n) is 17.1. The Kier molecular flexibility index (Phi) is 8.65. The molecule has 0 aliphatic heterocycles. The lowest BCUT2D eigenvalue weighted by atomic mass is 10.1. The molecule has 0 aliphatic carbocycles. The minimum atomic E-state index is -0.720. The molecule has 0 heterocycles. The number of nitrogens with one attached hydrogen (secondary N) is 1. The quantitative estimate of drug-likeness (QED) is 0.639. The van der Waals surface area contributed by atoms with Crippen LogP contribution in [0.3, 0.4) is 0 Å². The van der Waals surface area contributed by atoms with E-state index in [1.807, 2.05) is 32.0 Å². The third-order valence-corrected chi connectivity index (χ3v) is 5.40. The molecule has 0 saturated carbocycles. The van der Waals surface area contributed by atoms with Crippen molar-refractivity contribution >= 4 is 23.4 Å². The van der Waals surface area contributed by atoms with Crippen LogP contribution in [0, 0.1) is 5.82 Å². The summed E-state index contributed by atoms with van der Waals surface area (Å²) in [6.45, 7) is 5.58. The van der Waals surface area contributed by atoms with Gasteiger partial charge in [-0.2, -0.15) is 0 Å². The van der Waals surface area contributed by atoms with Crippen molar-refractivity contribution in [2.45, 2.75) is 58.7 Å². The van der Waals surface area contributed by atoms with Crippen LogP contribution < -0.4 is 5.32 Å². The lowest BCUT2D eigenvalue weighted by molar-refractivity contribution is -0.140. The van der Waals surface area contributed by atoms with E-state index in [1.54, 1.807) is 31.2 Å². The van der Waals surface area contributed by atoms with Gasteiger partial charge in [0.15, 0.2) is 0 Å². The van der Waals surface area contributed by atoms with Gasteiger partial charge < -0.3 is 10.2 Å². The van der Waals surface area contributed by atoms with Gasteiger partial charge in [-0.25, -0.2) is 4.39 Å². The van der Waals surface area contributed by atoms with Crippen LogP contribution in [0.1, 0.15) is 44.7 Å². The molecule has 1 N–H and O–H groups in total. The van der Waals surface area contributed by atoms with Crippen LogP contribution in [0.15, 0.2) is 48.5 Å². The van der Waals surface area contributed by atoms with Crippen LogP contribution >= 0.6 is 11.6 Å². The first-order chi connectivity index (χ1) is 13.8. The summed E-state index contributed by atoms with van der Waals surface area (Å²) in [4.78, 5) is 27.1. The van der Waals surface area contributed by atoms with Gasteiger partial charge in [0.1, 0.15) is 11.9 Å². The maximum absolute atomic E-state index is 14.2. The maximum atomic E-state index is 14.2. The van der Waals surface area contributed by atoms with Crippen molar-refractivity contribution in [3.05, 3.63) is 70.5 Å². The molecule has 0 fully saturated rings. The molecule has 2 aromatic carbocycles. The van der Waals surface area contributed by atoms with Crippen LogP contribution in [0.25, 0.3) is 0 Å². The molecule has 0 saturated heterocycles. The Morgan fingerprint density at radius 2 is 1.69 bits per heavy atom. The highest BCUT2D eigenvalue weighted by Crippen LogP contribution is 2.19. The lowest BCUT2D eigenvalue weighted by Gasteiger charge is -2.30. The first-order valence-electron chi connectivity index (χ1n) is 9.90. The van der Waals surface area contributed by atoms with Gasteiger partial charge in [0.2, 0.25) is 11.8 Å². The Labute approximate surface area is 177 Å². The molecule has 2 atom stereocenters. The highest BCUT2D eigenvalue weighted by molar-refractivity contribution is 6.31. The standard InChI is InChI=1S/C23H28ClFN2O2/c1-4-16(2)26-23(29)17(3)27(15-19-10-6-8-12-21(19)25)22(28)14-13-18-9-5-7-11-20(18)24/h5-12,16-17H,4,13-15H2,1-3H3,(H,26,29)/t16-,17+/m0/s1. The normalized spacial score (nSPS) is 12.9. The largest absolute Gasteiger partial charge is 0.352 e. The highest BCUT2D eigenvalue weighted by Gasteiger charge is 2.27. The molecule has 0 spiro atoms. The number of amides is 2. The summed E-state index contributed by atoms with van der Waals surface area (Å²) in [5.74, 6) is -0.868. The highest BCUT2D eigenvalue weighted by atomic mass is 35.5. The van der Waals surface area contributed by atoms with E-state index in [4.69, 9.17) is 11.6 Å². The summed E-state index contributed by atoms with van der Waals surface area (Å²) in [5, 5.41) is 3.50. The molecule has 0 unspecified atom stereocenters. The average Bonchev–Trinajstić information content (AvgIpc) is 2.71. The monoisotopic (exact) mass is 418 g/mol. The summed E-state index contributed by atoms with van der Waals surface area (Å²) >= 11 is 6.19. The van der Waals surface area contributed by atoms with Gasteiger partial charge in [0, 0.05) is 29.6 Å². The van der Waals surface area contributed by atoms with Crippen LogP contribution in [-0.2, 0) is 22.6 Å². The molecular formula is C23H28ClFN2O2. The van der Waals surface area contributed by atoms with E-state index in [-0.39, 0.29) is 30.8 Å². The fraction of sp³-hybridized carbons (Fsp3) is 0.391. The van der Waals surface area contributed by atoms with Crippen molar-refractivity contribution in [1.82, 2.24) is 10.2 Å². The Morgan fingerprint density at radius 3 is 2.31 bits per heavy atom. The average molecular weight is 419 g/mol. The summed E-state index contributed by atoms with van der Waals surface area (Å²) in [6, 6.07) is 12.9. The van der Waals surface area contributed by atoms with Crippen molar-refractivity contribution in [3.8, 4) is 0 Å². The van der Waals surface area contributed by atoms with E-state index in [0.29, 0.717) is 17.0 Å². The molecule has 0 bridgehead atoms. The zero-order valence-corrected chi connectivity index (χ0v) is 17.9. The van der Waals surface area contributed by atoms with Crippen molar-refractivity contribution in [2.75, 3.05) is 0 Å². The van der Waals surface area contributed by atoms with Gasteiger partial charge in [0.25, 0.3) is 0 Å². The zero-order chi connectivity index (χ0) is 21.4. The fourth-order valence-corrected chi connectivity index (χ4v) is 3.17. The van der Waals surface area contributed by atoms with Gasteiger partial charge in [-0.15, -0.1) is 0 Å². The number of hydrogen-bond donors (Lipinski definition) is 1. The van der Waals surface area contributed by atoms with E-state index in [2.05, 4.69) is 5.32 Å². The number of aryl methyl sites for hydroxylation is 1. The molecule has 2 rings (SSSR count). The number of carbonyl (C=O) groups is 2. The number of carbonyl (C=O) groups excluding carboxylic acids is 2. The van der Waals surface area contributed by atoms with Gasteiger partial charge >= 0.3 is 0 Å². The predicted octanol–water partition coefficient (Wildman–Crippen LogP) is 4.74. The summed E-state index contributed by atoms with van der Waals surface area (Å²) in [7, 11) is 0. The maximum Gasteiger partial charge on any atom is 0.242 e. The third-order valence-electron chi connectivity index (χ3n) is 5.03. The van der Waals surface area contributed by atoms with Crippen molar-refractivity contribution in [1.29, 1.82) is 0 Å². The summed E-state index contributed by atoms with van der Waals surface area (Å²) < 4.78 is 14.2. The van der Waals surface area contributed by atoms with Crippen LogP contribution in [0.2, 0.25) is 5.02 Å². The molecule has 4 nitrogen and oxygen atoms in total. The molecule has 156 valence electrons. The van der Waals surface area contributed by atoms with Gasteiger partial charge in [-0.3, -0.25) is 9.59 Å². The lowest BCUT2D eigenvalue weighted by Crippen LogP contribution is -2.49. The van der Waals surface area contributed by atoms with Gasteiger partial charge in [-0.05, 0) is 44.4 Å². The number of benzene rings is 2. The minimum absolute atomic E-state index is 0.00140. The van der Waals surface area contributed by atoms with Crippen molar-refractivity contribution < 1.29 is 14.0 Å². The molecule has 29 heavy (non-hydrogen) atoms. The fourth-order valence-electron chi connectivity index (χ4n) is 2.94. The van der Waals surface area contributed by atoms with E-state index < -0.39 is 11.9 Å². The van der Waals surface area contributed by atoms with E-state index in [9.17, 15) is 14.0 Å². The molecule has 0 aromatic heterocycles. The van der Waals surface area contributed by atoms with Gasteiger partial charge in [0.05, 0.1) is 0 Å². The van der Waals surface area contributed by atoms with Crippen LogP contribution in [0.5, 0.6) is 0 Å². The summed E-state index contributed by atoms with van der Waals surface area (Å²) in [5.41, 5.74) is 1.24. The number of nitrogens with zero attached hydrogens (tertiary/aromatic N) is 1. The molecule has 0 radical (unpaired) electrons. The third kappa shape index (κ3) is 6.57. The molecule has 2 aromatic rings. The number of rotatable bonds is 9. The number of halogens is 2. The topological polar surface area (TPSA) is 49.4 Å². The molecular weight excluding hydrogens is 391 g/mol. The minimum Gasteiger partial charge on any atom is -0.352 e. The van der Waals surface area contributed by atoms with E-state index in [1.165, 1.54) is 11.0 Å². The van der Waals surface area contributed by atoms with Crippen molar-refractivity contribution in [2.24, 2.45) is 0 Å². The second kappa shape index (κ2) is 11.0. The molecule has 0 aliphatic rings. The molecule has 2 amide bonds. The Morgan fingerprint density at radius 1 is 1.07 bits per heavy atom. The smallest absolute Gasteiger partial charge is 0.242 e. The Bertz CT molecular complexity index is 843. The second-order valence-corrected chi connectivity index (χ2v) is 7.61. The van der Waals surface area contributed by atoms with E-state index in [0.717, 1.165) is 12.0 Å².